The first-order valence-electron chi connectivity index (χ1n) is 5.22. The highest BCUT2D eigenvalue weighted by Gasteiger charge is 2.07. The molecule has 0 fully saturated rings. The van der Waals surface area contributed by atoms with Crippen LogP contribution in [0.2, 0.25) is 0 Å². The summed E-state index contributed by atoms with van der Waals surface area (Å²) < 4.78 is 0. The standard InChI is InChI=1S/C13H12N2O2.2ClH/c16-13(17)11-5-1-2-6-12(11)15-9-10-4-3-7-14-8-10;;/h1-8,15H,9H2,(H,16,17);2*1H/p-2. The lowest BCUT2D eigenvalue weighted by molar-refractivity contribution is -0.001000. The van der Waals surface area contributed by atoms with Gasteiger partial charge in [0.05, 0.1) is 5.56 Å². The number of aromatic nitrogens is 1. The van der Waals surface area contributed by atoms with Crippen molar-refractivity contribution in [1.29, 1.82) is 0 Å². The van der Waals surface area contributed by atoms with E-state index in [9.17, 15) is 4.79 Å². The Morgan fingerprint density at radius 1 is 1.16 bits per heavy atom. The third-order valence-electron chi connectivity index (χ3n) is 2.36. The Labute approximate surface area is 123 Å². The Kier molecular flexibility index (Phi) is 7.56. The molecule has 0 atom stereocenters. The molecular weight excluding hydrogens is 287 g/mol. The molecule has 102 valence electrons. The van der Waals surface area contributed by atoms with Crippen molar-refractivity contribution >= 4 is 11.7 Å². The largest absolute Gasteiger partial charge is 1.00 e. The van der Waals surface area contributed by atoms with Crippen LogP contribution in [0.25, 0.3) is 0 Å². The molecule has 2 aromatic rings. The van der Waals surface area contributed by atoms with E-state index in [1.807, 2.05) is 12.1 Å². The van der Waals surface area contributed by atoms with Gasteiger partial charge >= 0.3 is 5.97 Å². The topological polar surface area (TPSA) is 62.2 Å². The molecular formula is C13H12Cl2N2O2-2. The molecule has 0 unspecified atom stereocenters. The van der Waals surface area contributed by atoms with Gasteiger partial charge in [-0.2, -0.15) is 0 Å². The number of hydrogen-bond acceptors (Lipinski definition) is 3. The molecule has 0 radical (unpaired) electrons. The van der Waals surface area contributed by atoms with Crippen molar-refractivity contribution in [3.05, 3.63) is 59.9 Å². The van der Waals surface area contributed by atoms with Gasteiger partial charge in [0.25, 0.3) is 0 Å². The van der Waals surface area contributed by atoms with Crippen LogP contribution in [0.5, 0.6) is 0 Å². The van der Waals surface area contributed by atoms with E-state index < -0.39 is 5.97 Å². The number of aromatic carboxylic acids is 1. The molecule has 2 N–H and O–H groups in total. The average molecular weight is 299 g/mol. The Balaban J connectivity index is 0.00000162. The minimum atomic E-state index is -0.931. The lowest BCUT2D eigenvalue weighted by Gasteiger charge is -2.08. The van der Waals surface area contributed by atoms with Crippen LogP contribution in [0.4, 0.5) is 5.69 Å². The molecule has 0 aliphatic heterocycles. The molecule has 6 heteroatoms. The van der Waals surface area contributed by atoms with Crippen molar-refractivity contribution in [3.8, 4) is 0 Å². The summed E-state index contributed by atoms with van der Waals surface area (Å²) in [5, 5.41) is 12.1. The molecule has 4 nitrogen and oxygen atoms in total. The Bertz CT molecular complexity index is 521. The summed E-state index contributed by atoms with van der Waals surface area (Å²) in [4.78, 5) is 15.0. The summed E-state index contributed by atoms with van der Waals surface area (Å²) in [6.45, 7) is 0.554. The van der Waals surface area contributed by atoms with E-state index in [2.05, 4.69) is 10.3 Å². The van der Waals surface area contributed by atoms with Gasteiger partial charge in [-0.15, -0.1) is 0 Å². The molecule has 0 spiro atoms. The van der Waals surface area contributed by atoms with Gasteiger partial charge in [0.1, 0.15) is 0 Å². The number of hydrogen-bond donors (Lipinski definition) is 2. The zero-order valence-electron chi connectivity index (χ0n) is 9.88. The Morgan fingerprint density at radius 3 is 2.53 bits per heavy atom. The van der Waals surface area contributed by atoms with E-state index in [4.69, 9.17) is 5.11 Å². The van der Waals surface area contributed by atoms with E-state index in [0.29, 0.717) is 12.2 Å². The zero-order valence-corrected chi connectivity index (χ0v) is 11.4. The maximum Gasteiger partial charge on any atom is 0.337 e. The van der Waals surface area contributed by atoms with Gasteiger partial charge in [-0.3, -0.25) is 4.98 Å². The summed E-state index contributed by atoms with van der Waals surface area (Å²) in [6, 6.07) is 10.6. The fourth-order valence-corrected chi connectivity index (χ4v) is 1.52. The van der Waals surface area contributed by atoms with Crippen LogP contribution < -0.4 is 30.1 Å². The first-order valence-corrected chi connectivity index (χ1v) is 5.22. The number of carboxylic acid groups (broad SMARTS) is 1. The number of para-hydroxylation sites is 1. The monoisotopic (exact) mass is 298 g/mol. The summed E-state index contributed by atoms with van der Waals surface area (Å²) in [7, 11) is 0. The second-order valence-corrected chi connectivity index (χ2v) is 3.57. The minimum Gasteiger partial charge on any atom is -1.00 e. The van der Waals surface area contributed by atoms with E-state index in [-0.39, 0.29) is 30.4 Å². The number of nitrogens with one attached hydrogen (secondary N) is 1. The predicted molar refractivity (Wildman–Crippen MR) is 65.0 cm³/mol. The highest BCUT2D eigenvalue weighted by molar-refractivity contribution is 5.94. The average Bonchev–Trinajstić information content (AvgIpc) is 2.38. The van der Waals surface area contributed by atoms with Crippen LogP contribution in [0, 0.1) is 0 Å². The van der Waals surface area contributed by atoms with E-state index in [1.165, 1.54) is 0 Å². The first kappa shape index (κ1) is 17.2. The summed E-state index contributed by atoms with van der Waals surface area (Å²) >= 11 is 0. The van der Waals surface area contributed by atoms with Crippen LogP contribution in [0.15, 0.2) is 48.8 Å². The van der Waals surface area contributed by atoms with Crippen molar-refractivity contribution in [2.75, 3.05) is 5.32 Å². The maximum atomic E-state index is 11.0. The van der Waals surface area contributed by atoms with Gasteiger partial charge in [-0.25, -0.2) is 4.79 Å². The first-order chi connectivity index (χ1) is 8.27. The fourth-order valence-electron chi connectivity index (χ4n) is 1.52. The van der Waals surface area contributed by atoms with Crippen LogP contribution in [-0.2, 0) is 6.54 Å². The number of rotatable bonds is 4. The number of carboxylic acids is 1. The molecule has 0 bridgehead atoms. The minimum absolute atomic E-state index is 0. The molecule has 0 aliphatic carbocycles. The Morgan fingerprint density at radius 2 is 1.89 bits per heavy atom. The van der Waals surface area contributed by atoms with Gasteiger partial charge < -0.3 is 35.2 Å². The SMILES string of the molecule is O=C(O)c1ccccc1NCc1cccnc1.[Cl-].[Cl-]. The van der Waals surface area contributed by atoms with Crippen LogP contribution in [0.3, 0.4) is 0 Å². The molecule has 0 saturated heterocycles. The third-order valence-corrected chi connectivity index (χ3v) is 2.36. The third kappa shape index (κ3) is 4.77. The van der Waals surface area contributed by atoms with Crippen LogP contribution in [0.1, 0.15) is 15.9 Å². The van der Waals surface area contributed by atoms with Crippen LogP contribution in [-0.4, -0.2) is 16.1 Å². The lowest BCUT2D eigenvalue weighted by Crippen LogP contribution is -3.00. The second-order valence-electron chi connectivity index (χ2n) is 3.57. The van der Waals surface area contributed by atoms with Crippen molar-refractivity contribution in [2.45, 2.75) is 6.54 Å². The number of pyridine rings is 1. The normalized spacial score (nSPS) is 8.84. The van der Waals surface area contributed by atoms with Gasteiger partial charge in [0.2, 0.25) is 0 Å². The van der Waals surface area contributed by atoms with E-state index in [0.717, 1.165) is 5.56 Å². The number of carbonyl (C=O) groups is 1. The van der Waals surface area contributed by atoms with Crippen molar-refractivity contribution < 1.29 is 34.7 Å². The zero-order chi connectivity index (χ0) is 12.1. The smallest absolute Gasteiger partial charge is 0.337 e. The highest BCUT2D eigenvalue weighted by atomic mass is 35.5. The quantitative estimate of drug-likeness (QED) is 0.612. The fraction of sp³-hybridized carbons (Fsp3) is 0.0769. The summed E-state index contributed by atoms with van der Waals surface area (Å²) in [5.74, 6) is -0.931. The summed E-state index contributed by atoms with van der Waals surface area (Å²) in [5.41, 5.74) is 1.90. The number of halogens is 2. The van der Waals surface area contributed by atoms with Crippen molar-refractivity contribution in [3.63, 3.8) is 0 Å². The number of anilines is 1. The molecule has 2 rings (SSSR count). The van der Waals surface area contributed by atoms with Crippen molar-refractivity contribution in [1.82, 2.24) is 4.98 Å². The molecule has 1 aromatic carbocycles. The highest BCUT2D eigenvalue weighted by Crippen LogP contribution is 2.15. The lowest BCUT2D eigenvalue weighted by atomic mass is 10.1. The van der Waals surface area contributed by atoms with Gasteiger partial charge in [0, 0.05) is 24.6 Å². The second kappa shape index (κ2) is 8.34. The summed E-state index contributed by atoms with van der Waals surface area (Å²) in [6.07, 6.45) is 3.45. The molecule has 0 amide bonds. The van der Waals surface area contributed by atoms with E-state index >= 15 is 0 Å². The maximum absolute atomic E-state index is 11.0. The van der Waals surface area contributed by atoms with Gasteiger partial charge in [-0.05, 0) is 23.8 Å². The number of nitrogens with zero attached hydrogens (tertiary/aromatic N) is 1. The molecule has 1 aromatic heterocycles. The number of benzene rings is 1. The molecule has 0 saturated carbocycles. The molecule has 0 aliphatic rings. The molecule has 19 heavy (non-hydrogen) atoms. The van der Waals surface area contributed by atoms with Gasteiger partial charge in [0.15, 0.2) is 0 Å². The van der Waals surface area contributed by atoms with Crippen molar-refractivity contribution in [2.24, 2.45) is 0 Å². The van der Waals surface area contributed by atoms with E-state index in [1.54, 1.807) is 36.7 Å². The Hall–Kier alpha value is -1.78. The molecule has 1 heterocycles. The predicted octanol–water partition coefficient (Wildman–Crippen LogP) is -3.60. The van der Waals surface area contributed by atoms with Crippen LogP contribution >= 0.6 is 0 Å². The van der Waals surface area contributed by atoms with Gasteiger partial charge in [-0.1, -0.05) is 18.2 Å².